The molecule has 1 saturated heterocycles. The molecule has 1 aliphatic heterocycles. The molecule has 1 aliphatic rings. The van der Waals surface area contributed by atoms with Crippen molar-refractivity contribution < 1.29 is 4.74 Å². The molecule has 1 fully saturated rings. The second-order valence-corrected chi connectivity index (χ2v) is 5.10. The van der Waals surface area contributed by atoms with Gasteiger partial charge >= 0.3 is 0 Å². The van der Waals surface area contributed by atoms with Gasteiger partial charge in [0.1, 0.15) is 0 Å². The molecule has 0 amide bonds. The van der Waals surface area contributed by atoms with Crippen LogP contribution in [0.5, 0.6) is 0 Å². The van der Waals surface area contributed by atoms with Gasteiger partial charge in [-0.1, -0.05) is 25.5 Å². The van der Waals surface area contributed by atoms with Gasteiger partial charge in [0, 0.05) is 6.54 Å². The fourth-order valence-electron chi connectivity index (χ4n) is 1.89. The molecule has 0 aromatic rings. The number of nitrogens with one attached hydrogen (secondary N) is 1. The van der Waals surface area contributed by atoms with Crippen molar-refractivity contribution in [1.29, 1.82) is 0 Å². The van der Waals surface area contributed by atoms with Gasteiger partial charge in [-0.25, -0.2) is 0 Å². The van der Waals surface area contributed by atoms with Crippen molar-refractivity contribution in [2.75, 3.05) is 13.1 Å². The molecule has 2 nitrogen and oxygen atoms in total. The van der Waals surface area contributed by atoms with Gasteiger partial charge in [-0.05, 0) is 39.2 Å². The monoisotopic (exact) mass is 211 g/mol. The van der Waals surface area contributed by atoms with Crippen LogP contribution in [-0.2, 0) is 4.74 Å². The average molecular weight is 211 g/mol. The highest BCUT2D eigenvalue weighted by atomic mass is 16.5. The fraction of sp³-hybridized carbons (Fsp3) is 0.846. The molecule has 2 heteroatoms. The van der Waals surface area contributed by atoms with E-state index in [0.29, 0.717) is 12.2 Å². The SMILES string of the molecule is CC(=CC1CCC(C)O1)CNCC(C)C. The van der Waals surface area contributed by atoms with Crippen molar-refractivity contribution in [3.63, 3.8) is 0 Å². The molecule has 0 bridgehead atoms. The number of hydrogen-bond donors (Lipinski definition) is 1. The molecule has 1 heterocycles. The summed E-state index contributed by atoms with van der Waals surface area (Å²) in [6, 6.07) is 0. The Morgan fingerprint density at radius 3 is 2.73 bits per heavy atom. The third-order valence-electron chi connectivity index (χ3n) is 2.69. The summed E-state index contributed by atoms with van der Waals surface area (Å²) in [5, 5.41) is 3.45. The highest BCUT2D eigenvalue weighted by Crippen LogP contribution is 2.20. The second-order valence-electron chi connectivity index (χ2n) is 5.10. The quantitative estimate of drug-likeness (QED) is 0.706. The molecule has 2 atom stereocenters. The Morgan fingerprint density at radius 1 is 1.47 bits per heavy atom. The van der Waals surface area contributed by atoms with E-state index in [-0.39, 0.29) is 0 Å². The van der Waals surface area contributed by atoms with E-state index in [2.05, 4.69) is 39.1 Å². The van der Waals surface area contributed by atoms with Crippen molar-refractivity contribution in [3.05, 3.63) is 11.6 Å². The zero-order valence-electron chi connectivity index (χ0n) is 10.5. The Kier molecular flexibility index (Phi) is 5.34. The van der Waals surface area contributed by atoms with Crippen LogP contribution in [0.15, 0.2) is 11.6 Å². The Balaban J connectivity index is 2.21. The fourth-order valence-corrected chi connectivity index (χ4v) is 1.89. The smallest absolute Gasteiger partial charge is 0.0763 e. The molecule has 0 aliphatic carbocycles. The van der Waals surface area contributed by atoms with Gasteiger partial charge in [0.25, 0.3) is 0 Å². The van der Waals surface area contributed by atoms with Crippen LogP contribution >= 0.6 is 0 Å². The summed E-state index contributed by atoms with van der Waals surface area (Å²) in [5.41, 5.74) is 1.40. The van der Waals surface area contributed by atoms with Crippen LogP contribution in [0.25, 0.3) is 0 Å². The van der Waals surface area contributed by atoms with E-state index in [1.165, 1.54) is 18.4 Å². The Labute approximate surface area is 94.1 Å². The molecule has 0 radical (unpaired) electrons. The lowest BCUT2D eigenvalue weighted by atomic mass is 10.1. The van der Waals surface area contributed by atoms with Gasteiger partial charge in [-0.2, -0.15) is 0 Å². The summed E-state index contributed by atoms with van der Waals surface area (Å²) < 4.78 is 5.76. The van der Waals surface area contributed by atoms with Gasteiger partial charge < -0.3 is 10.1 Å². The van der Waals surface area contributed by atoms with Crippen molar-refractivity contribution in [2.45, 2.75) is 52.7 Å². The summed E-state index contributed by atoms with van der Waals surface area (Å²) in [6.07, 6.45) is 5.47. The topological polar surface area (TPSA) is 21.3 Å². The van der Waals surface area contributed by atoms with Crippen LogP contribution in [0.2, 0.25) is 0 Å². The first-order valence-electron chi connectivity index (χ1n) is 6.11. The van der Waals surface area contributed by atoms with E-state index in [4.69, 9.17) is 4.74 Å². The summed E-state index contributed by atoms with van der Waals surface area (Å²) in [5.74, 6) is 0.723. The van der Waals surface area contributed by atoms with Crippen molar-refractivity contribution >= 4 is 0 Å². The van der Waals surface area contributed by atoms with Crippen molar-refractivity contribution in [3.8, 4) is 0 Å². The van der Waals surface area contributed by atoms with E-state index in [1.54, 1.807) is 0 Å². The predicted molar refractivity (Wildman–Crippen MR) is 65.0 cm³/mol. The number of rotatable bonds is 5. The van der Waals surface area contributed by atoms with E-state index in [9.17, 15) is 0 Å². The average Bonchev–Trinajstić information content (AvgIpc) is 2.50. The zero-order chi connectivity index (χ0) is 11.3. The maximum Gasteiger partial charge on any atom is 0.0763 e. The van der Waals surface area contributed by atoms with E-state index >= 15 is 0 Å². The lowest BCUT2D eigenvalue weighted by Gasteiger charge is -2.10. The Hall–Kier alpha value is -0.340. The van der Waals surface area contributed by atoms with Crippen LogP contribution in [0.1, 0.15) is 40.5 Å². The lowest BCUT2D eigenvalue weighted by molar-refractivity contribution is 0.0828. The maximum atomic E-state index is 5.76. The van der Waals surface area contributed by atoms with E-state index < -0.39 is 0 Å². The van der Waals surface area contributed by atoms with Gasteiger partial charge in [0.15, 0.2) is 0 Å². The summed E-state index contributed by atoms with van der Waals surface area (Å²) >= 11 is 0. The molecule has 1 N–H and O–H groups in total. The molecule has 2 unspecified atom stereocenters. The Bertz CT molecular complexity index is 211. The van der Waals surface area contributed by atoms with Gasteiger partial charge in [0.05, 0.1) is 12.2 Å². The third kappa shape index (κ3) is 5.33. The molecular weight excluding hydrogens is 186 g/mol. The van der Waals surface area contributed by atoms with Gasteiger partial charge in [0.2, 0.25) is 0 Å². The van der Waals surface area contributed by atoms with Crippen LogP contribution in [0.4, 0.5) is 0 Å². The Morgan fingerprint density at radius 2 is 2.20 bits per heavy atom. The first kappa shape index (κ1) is 12.7. The van der Waals surface area contributed by atoms with E-state index in [0.717, 1.165) is 19.0 Å². The summed E-state index contributed by atoms with van der Waals surface area (Å²) in [4.78, 5) is 0. The van der Waals surface area contributed by atoms with Gasteiger partial charge in [-0.15, -0.1) is 0 Å². The molecule has 0 aromatic heterocycles. The van der Waals surface area contributed by atoms with Crippen LogP contribution in [0, 0.1) is 5.92 Å². The third-order valence-corrected chi connectivity index (χ3v) is 2.69. The highest BCUT2D eigenvalue weighted by molar-refractivity contribution is 5.05. The van der Waals surface area contributed by atoms with Gasteiger partial charge in [-0.3, -0.25) is 0 Å². The van der Waals surface area contributed by atoms with Crippen LogP contribution < -0.4 is 5.32 Å². The predicted octanol–water partition coefficient (Wildman–Crippen LogP) is 2.75. The van der Waals surface area contributed by atoms with Crippen LogP contribution in [0.3, 0.4) is 0 Å². The zero-order valence-corrected chi connectivity index (χ0v) is 10.5. The van der Waals surface area contributed by atoms with E-state index in [1.807, 2.05) is 0 Å². The number of hydrogen-bond acceptors (Lipinski definition) is 2. The minimum atomic E-state index is 0.362. The normalized spacial score (nSPS) is 27.7. The molecule has 88 valence electrons. The minimum absolute atomic E-state index is 0.362. The molecule has 0 aromatic carbocycles. The standard InChI is InChI=1S/C13H25NO/c1-10(2)8-14-9-11(3)7-13-6-5-12(4)15-13/h7,10,12-14H,5-6,8-9H2,1-4H3. The molecular formula is C13H25NO. The maximum absolute atomic E-state index is 5.76. The number of ether oxygens (including phenoxy) is 1. The molecule has 15 heavy (non-hydrogen) atoms. The first-order chi connectivity index (χ1) is 7.08. The first-order valence-corrected chi connectivity index (χ1v) is 6.11. The summed E-state index contributed by atoms with van der Waals surface area (Å²) in [6.45, 7) is 10.9. The second kappa shape index (κ2) is 6.29. The van der Waals surface area contributed by atoms with Crippen molar-refractivity contribution in [1.82, 2.24) is 5.32 Å². The minimum Gasteiger partial charge on any atom is -0.371 e. The highest BCUT2D eigenvalue weighted by Gasteiger charge is 2.19. The largest absolute Gasteiger partial charge is 0.371 e. The van der Waals surface area contributed by atoms with Crippen LogP contribution in [-0.4, -0.2) is 25.3 Å². The molecule has 0 spiro atoms. The summed E-state index contributed by atoms with van der Waals surface area (Å²) in [7, 11) is 0. The lowest BCUT2D eigenvalue weighted by Crippen LogP contribution is -2.22. The molecule has 1 rings (SSSR count). The molecule has 0 saturated carbocycles. The van der Waals surface area contributed by atoms with Crippen molar-refractivity contribution in [2.24, 2.45) is 5.92 Å².